The summed E-state index contributed by atoms with van der Waals surface area (Å²) in [6, 6.07) is 13.5. The van der Waals surface area contributed by atoms with E-state index in [0.717, 1.165) is 11.1 Å². The number of rotatable bonds is 5. The fourth-order valence-corrected chi connectivity index (χ4v) is 3.06. The second kappa shape index (κ2) is 6.58. The van der Waals surface area contributed by atoms with Gasteiger partial charge in [0.25, 0.3) is 0 Å². The molecule has 0 amide bonds. The first-order chi connectivity index (χ1) is 9.90. The lowest BCUT2D eigenvalue weighted by Crippen LogP contribution is -2.23. The number of hydrogen-bond donors (Lipinski definition) is 2. The summed E-state index contributed by atoms with van der Waals surface area (Å²) in [7, 11) is -3.57. The van der Waals surface area contributed by atoms with Gasteiger partial charge >= 0.3 is 0 Å². The third-order valence-corrected chi connectivity index (χ3v) is 4.91. The molecule has 0 radical (unpaired) electrons. The summed E-state index contributed by atoms with van der Waals surface area (Å²) >= 11 is 6.01. The molecule has 2 aromatic carbocycles. The molecule has 21 heavy (non-hydrogen) atoms. The van der Waals surface area contributed by atoms with Crippen molar-refractivity contribution in [3.63, 3.8) is 0 Å². The first-order valence-electron chi connectivity index (χ1n) is 6.49. The summed E-state index contributed by atoms with van der Waals surface area (Å²) in [5.41, 5.74) is 7.36. The Bertz CT molecular complexity index is 713. The van der Waals surface area contributed by atoms with E-state index < -0.39 is 10.0 Å². The highest BCUT2D eigenvalue weighted by molar-refractivity contribution is 7.89. The summed E-state index contributed by atoms with van der Waals surface area (Å²) in [4.78, 5) is 0.207. The Balaban J connectivity index is 2.13. The number of nitrogens with two attached hydrogens (primary N) is 1. The minimum atomic E-state index is -3.57. The zero-order valence-corrected chi connectivity index (χ0v) is 13.2. The summed E-state index contributed by atoms with van der Waals surface area (Å²) in [5.74, 6) is 0. The van der Waals surface area contributed by atoms with Gasteiger partial charge in [-0.25, -0.2) is 13.1 Å². The van der Waals surface area contributed by atoms with Crippen LogP contribution in [-0.4, -0.2) is 8.42 Å². The fraction of sp³-hybridized carbons (Fsp3) is 0.200. The van der Waals surface area contributed by atoms with Crippen LogP contribution in [0.3, 0.4) is 0 Å². The highest BCUT2D eigenvalue weighted by Crippen LogP contribution is 2.17. The van der Waals surface area contributed by atoms with Gasteiger partial charge in [0.05, 0.1) is 4.90 Å². The average molecular weight is 325 g/mol. The third-order valence-electron chi connectivity index (χ3n) is 3.13. The molecule has 1 atom stereocenters. The van der Waals surface area contributed by atoms with Crippen molar-refractivity contribution in [2.45, 2.75) is 24.4 Å². The van der Waals surface area contributed by atoms with Gasteiger partial charge in [-0.05, 0) is 36.2 Å². The second-order valence-electron chi connectivity index (χ2n) is 4.77. The number of sulfonamides is 1. The molecule has 0 spiro atoms. The minimum Gasteiger partial charge on any atom is -0.324 e. The molecule has 0 bridgehead atoms. The molecule has 6 heteroatoms. The van der Waals surface area contributed by atoms with Crippen LogP contribution >= 0.6 is 11.6 Å². The SMILES string of the molecule is CC(N)c1ccc(S(=O)(=O)NCc2ccccc2Cl)cc1. The smallest absolute Gasteiger partial charge is 0.240 e. The Kier molecular flexibility index (Phi) is 5.00. The van der Waals surface area contributed by atoms with Crippen LogP contribution in [0.15, 0.2) is 53.4 Å². The average Bonchev–Trinajstić information content (AvgIpc) is 2.46. The highest BCUT2D eigenvalue weighted by atomic mass is 35.5. The maximum atomic E-state index is 12.2. The molecular weight excluding hydrogens is 308 g/mol. The Morgan fingerprint density at radius 3 is 2.33 bits per heavy atom. The molecule has 0 fully saturated rings. The lowest BCUT2D eigenvalue weighted by Gasteiger charge is -2.10. The maximum Gasteiger partial charge on any atom is 0.240 e. The van der Waals surface area contributed by atoms with Crippen molar-refractivity contribution in [1.82, 2.24) is 4.72 Å². The van der Waals surface area contributed by atoms with E-state index in [-0.39, 0.29) is 17.5 Å². The van der Waals surface area contributed by atoms with Crippen LogP contribution < -0.4 is 10.5 Å². The molecule has 1 unspecified atom stereocenters. The first-order valence-corrected chi connectivity index (χ1v) is 8.35. The minimum absolute atomic E-state index is 0.127. The topological polar surface area (TPSA) is 72.2 Å². The number of hydrogen-bond acceptors (Lipinski definition) is 3. The second-order valence-corrected chi connectivity index (χ2v) is 6.95. The summed E-state index contributed by atoms with van der Waals surface area (Å²) in [6.45, 7) is 2.00. The zero-order chi connectivity index (χ0) is 15.5. The largest absolute Gasteiger partial charge is 0.324 e. The molecule has 3 N–H and O–H groups in total. The van der Waals surface area contributed by atoms with Crippen molar-refractivity contribution < 1.29 is 8.42 Å². The Labute approximate surface area is 130 Å². The molecule has 0 aliphatic heterocycles. The molecule has 2 aromatic rings. The monoisotopic (exact) mass is 324 g/mol. The molecule has 112 valence electrons. The number of halogens is 1. The summed E-state index contributed by atoms with van der Waals surface area (Å²) < 4.78 is 27.0. The van der Waals surface area contributed by atoms with Crippen LogP contribution in [0, 0.1) is 0 Å². The molecule has 0 saturated heterocycles. The van der Waals surface area contributed by atoms with Crippen LogP contribution in [0.1, 0.15) is 24.1 Å². The molecule has 0 saturated carbocycles. The lowest BCUT2D eigenvalue weighted by atomic mass is 10.1. The van der Waals surface area contributed by atoms with Crippen molar-refractivity contribution >= 4 is 21.6 Å². The van der Waals surface area contributed by atoms with Gasteiger partial charge in [0, 0.05) is 17.6 Å². The van der Waals surface area contributed by atoms with Gasteiger partial charge < -0.3 is 5.73 Å². The van der Waals surface area contributed by atoms with Crippen molar-refractivity contribution in [2.75, 3.05) is 0 Å². The molecule has 4 nitrogen and oxygen atoms in total. The highest BCUT2D eigenvalue weighted by Gasteiger charge is 2.14. The van der Waals surface area contributed by atoms with Gasteiger partial charge in [-0.15, -0.1) is 0 Å². The fourth-order valence-electron chi connectivity index (χ4n) is 1.85. The Morgan fingerprint density at radius 2 is 1.76 bits per heavy atom. The van der Waals surface area contributed by atoms with E-state index in [1.54, 1.807) is 42.5 Å². The van der Waals surface area contributed by atoms with Gasteiger partial charge in [0.15, 0.2) is 0 Å². The van der Waals surface area contributed by atoms with Crippen LogP contribution in [0.4, 0.5) is 0 Å². The van der Waals surface area contributed by atoms with Crippen LogP contribution in [-0.2, 0) is 16.6 Å². The summed E-state index contributed by atoms with van der Waals surface area (Å²) in [6.07, 6.45) is 0. The van der Waals surface area contributed by atoms with E-state index in [0.29, 0.717) is 5.02 Å². The van der Waals surface area contributed by atoms with E-state index in [1.807, 2.05) is 13.0 Å². The van der Waals surface area contributed by atoms with Crippen LogP contribution in [0.2, 0.25) is 5.02 Å². The Morgan fingerprint density at radius 1 is 1.14 bits per heavy atom. The molecule has 2 rings (SSSR count). The molecule has 0 aliphatic carbocycles. The van der Waals surface area contributed by atoms with Gasteiger partial charge in [-0.2, -0.15) is 0 Å². The van der Waals surface area contributed by atoms with E-state index in [1.165, 1.54) is 0 Å². The van der Waals surface area contributed by atoms with Gasteiger partial charge in [-0.3, -0.25) is 0 Å². The summed E-state index contributed by atoms with van der Waals surface area (Å²) in [5, 5.41) is 0.535. The molecule has 0 aliphatic rings. The van der Waals surface area contributed by atoms with Crippen molar-refractivity contribution in [3.05, 3.63) is 64.7 Å². The number of benzene rings is 2. The van der Waals surface area contributed by atoms with Crippen molar-refractivity contribution in [3.8, 4) is 0 Å². The van der Waals surface area contributed by atoms with Crippen LogP contribution in [0.5, 0.6) is 0 Å². The van der Waals surface area contributed by atoms with Gasteiger partial charge in [0.2, 0.25) is 10.0 Å². The molecular formula is C15H17ClN2O2S. The first kappa shape index (κ1) is 16.0. The van der Waals surface area contributed by atoms with Crippen molar-refractivity contribution in [2.24, 2.45) is 5.73 Å². The van der Waals surface area contributed by atoms with E-state index in [4.69, 9.17) is 17.3 Å². The van der Waals surface area contributed by atoms with Crippen LogP contribution in [0.25, 0.3) is 0 Å². The zero-order valence-electron chi connectivity index (χ0n) is 11.6. The molecule has 0 heterocycles. The maximum absolute atomic E-state index is 12.2. The third kappa shape index (κ3) is 4.04. The lowest BCUT2D eigenvalue weighted by molar-refractivity contribution is 0.581. The molecule has 0 aromatic heterocycles. The Hall–Kier alpha value is -1.40. The van der Waals surface area contributed by atoms with Gasteiger partial charge in [-0.1, -0.05) is 41.9 Å². The predicted octanol–water partition coefficient (Wildman–Crippen LogP) is 2.84. The van der Waals surface area contributed by atoms with E-state index in [2.05, 4.69) is 4.72 Å². The van der Waals surface area contributed by atoms with Crippen molar-refractivity contribution in [1.29, 1.82) is 0 Å². The standard InChI is InChI=1S/C15H17ClN2O2S/c1-11(17)12-6-8-14(9-7-12)21(19,20)18-10-13-4-2-3-5-15(13)16/h2-9,11,18H,10,17H2,1H3. The van der Waals surface area contributed by atoms with E-state index in [9.17, 15) is 8.42 Å². The normalized spacial score (nSPS) is 13.1. The quantitative estimate of drug-likeness (QED) is 0.888. The van der Waals surface area contributed by atoms with Gasteiger partial charge in [0.1, 0.15) is 0 Å². The van der Waals surface area contributed by atoms with E-state index >= 15 is 0 Å². The number of nitrogens with one attached hydrogen (secondary N) is 1. The predicted molar refractivity (Wildman–Crippen MR) is 84.5 cm³/mol.